The first kappa shape index (κ1) is 11.8. The predicted molar refractivity (Wildman–Crippen MR) is 67.1 cm³/mol. The SMILES string of the molecule is CNCc1cnc(N2CCOCC2(C)C)s1. The number of nitrogens with zero attached hydrogens (tertiary/aromatic N) is 2. The molecule has 0 aliphatic carbocycles. The average Bonchev–Trinajstić information content (AvgIpc) is 2.66. The van der Waals surface area contributed by atoms with Crippen molar-refractivity contribution < 1.29 is 4.74 Å². The van der Waals surface area contributed by atoms with E-state index >= 15 is 0 Å². The van der Waals surface area contributed by atoms with Crippen molar-refractivity contribution in [2.24, 2.45) is 0 Å². The second-order valence-corrected chi connectivity index (χ2v) is 5.75. The van der Waals surface area contributed by atoms with E-state index in [4.69, 9.17) is 4.74 Å². The summed E-state index contributed by atoms with van der Waals surface area (Å²) in [7, 11) is 1.96. The van der Waals surface area contributed by atoms with Crippen LogP contribution >= 0.6 is 11.3 Å². The number of morpholine rings is 1. The molecule has 1 aromatic rings. The van der Waals surface area contributed by atoms with Crippen molar-refractivity contribution in [1.29, 1.82) is 0 Å². The third-order valence-corrected chi connectivity index (χ3v) is 3.79. The van der Waals surface area contributed by atoms with Crippen LogP contribution in [0.4, 0.5) is 5.13 Å². The highest BCUT2D eigenvalue weighted by atomic mass is 32.1. The number of rotatable bonds is 3. The number of aromatic nitrogens is 1. The van der Waals surface area contributed by atoms with Gasteiger partial charge in [0.05, 0.1) is 18.8 Å². The standard InChI is InChI=1S/C11H19N3OS/c1-11(2)8-15-5-4-14(11)10-13-7-9(16-10)6-12-3/h7,12H,4-6,8H2,1-3H3. The maximum atomic E-state index is 5.51. The summed E-state index contributed by atoms with van der Waals surface area (Å²) in [6, 6.07) is 0. The Morgan fingerprint density at radius 1 is 1.62 bits per heavy atom. The van der Waals surface area contributed by atoms with Crippen LogP contribution in [0.25, 0.3) is 0 Å². The number of ether oxygens (including phenoxy) is 1. The van der Waals surface area contributed by atoms with Crippen molar-refractivity contribution in [3.8, 4) is 0 Å². The first-order chi connectivity index (χ1) is 7.63. The Morgan fingerprint density at radius 3 is 3.12 bits per heavy atom. The van der Waals surface area contributed by atoms with E-state index in [1.807, 2.05) is 13.2 Å². The summed E-state index contributed by atoms with van der Waals surface area (Å²) in [5.41, 5.74) is 0.0486. The monoisotopic (exact) mass is 241 g/mol. The van der Waals surface area contributed by atoms with Crippen molar-refractivity contribution in [2.75, 3.05) is 31.7 Å². The summed E-state index contributed by atoms with van der Waals surface area (Å²) >= 11 is 1.76. The second-order valence-electron chi connectivity index (χ2n) is 4.66. The Hall–Kier alpha value is -0.650. The lowest BCUT2D eigenvalue weighted by Gasteiger charge is -2.41. The number of thiazole rings is 1. The van der Waals surface area contributed by atoms with Gasteiger partial charge < -0.3 is 15.0 Å². The molecule has 0 unspecified atom stereocenters. The summed E-state index contributed by atoms with van der Waals surface area (Å²) in [4.78, 5) is 8.13. The summed E-state index contributed by atoms with van der Waals surface area (Å²) < 4.78 is 5.51. The fourth-order valence-electron chi connectivity index (χ4n) is 1.89. The zero-order valence-corrected chi connectivity index (χ0v) is 10.9. The molecule has 1 aromatic heterocycles. The third-order valence-electron chi connectivity index (χ3n) is 2.77. The molecular weight excluding hydrogens is 222 g/mol. The first-order valence-electron chi connectivity index (χ1n) is 5.58. The number of nitrogens with one attached hydrogen (secondary N) is 1. The molecule has 0 amide bonds. The van der Waals surface area contributed by atoms with Gasteiger partial charge in [0.2, 0.25) is 0 Å². The minimum atomic E-state index is 0.0486. The highest BCUT2D eigenvalue weighted by Crippen LogP contribution is 2.30. The van der Waals surface area contributed by atoms with Crippen LogP contribution in [0.3, 0.4) is 0 Å². The fourth-order valence-corrected chi connectivity index (χ4v) is 3.00. The molecule has 0 radical (unpaired) electrons. The quantitative estimate of drug-likeness (QED) is 0.870. The molecule has 0 spiro atoms. The third kappa shape index (κ3) is 2.36. The lowest BCUT2D eigenvalue weighted by molar-refractivity contribution is 0.0644. The Kier molecular flexibility index (Phi) is 3.47. The zero-order chi connectivity index (χ0) is 11.6. The highest BCUT2D eigenvalue weighted by molar-refractivity contribution is 7.15. The maximum absolute atomic E-state index is 5.51. The van der Waals surface area contributed by atoms with Gasteiger partial charge in [-0.1, -0.05) is 0 Å². The molecule has 1 aliphatic rings. The van der Waals surface area contributed by atoms with Crippen molar-refractivity contribution >= 4 is 16.5 Å². The van der Waals surface area contributed by atoms with E-state index in [2.05, 4.69) is 29.0 Å². The van der Waals surface area contributed by atoms with Gasteiger partial charge in [-0.25, -0.2) is 4.98 Å². The summed E-state index contributed by atoms with van der Waals surface area (Å²) in [5, 5.41) is 4.26. The molecule has 0 saturated carbocycles. The first-order valence-corrected chi connectivity index (χ1v) is 6.40. The Morgan fingerprint density at radius 2 is 2.44 bits per heavy atom. The van der Waals surface area contributed by atoms with Crippen molar-refractivity contribution in [2.45, 2.75) is 25.9 Å². The Labute approximate surface area is 101 Å². The topological polar surface area (TPSA) is 37.4 Å². The fraction of sp³-hybridized carbons (Fsp3) is 0.727. The lowest BCUT2D eigenvalue weighted by atomic mass is 10.0. The van der Waals surface area contributed by atoms with Crippen LogP contribution in [-0.2, 0) is 11.3 Å². The van der Waals surface area contributed by atoms with E-state index in [9.17, 15) is 0 Å². The van der Waals surface area contributed by atoms with Crippen LogP contribution < -0.4 is 10.2 Å². The molecular formula is C11H19N3OS. The molecule has 5 heteroatoms. The van der Waals surface area contributed by atoms with Gasteiger partial charge in [0.25, 0.3) is 0 Å². The molecule has 1 aliphatic heterocycles. The molecule has 90 valence electrons. The largest absolute Gasteiger partial charge is 0.377 e. The average molecular weight is 241 g/mol. The Balaban J connectivity index is 2.15. The smallest absolute Gasteiger partial charge is 0.186 e. The van der Waals surface area contributed by atoms with Crippen molar-refractivity contribution in [3.05, 3.63) is 11.1 Å². The van der Waals surface area contributed by atoms with E-state index in [1.165, 1.54) is 4.88 Å². The van der Waals surface area contributed by atoms with Gasteiger partial charge in [-0.05, 0) is 20.9 Å². The van der Waals surface area contributed by atoms with E-state index in [0.717, 1.165) is 31.4 Å². The van der Waals surface area contributed by atoms with E-state index in [-0.39, 0.29) is 5.54 Å². The van der Waals surface area contributed by atoms with Gasteiger partial charge in [0, 0.05) is 24.2 Å². The zero-order valence-electron chi connectivity index (χ0n) is 10.1. The molecule has 4 nitrogen and oxygen atoms in total. The van der Waals surface area contributed by atoms with Crippen molar-refractivity contribution in [3.63, 3.8) is 0 Å². The maximum Gasteiger partial charge on any atom is 0.186 e. The molecule has 0 atom stereocenters. The second kappa shape index (κ2) is 4.69. The Bertz CT molecular complexity index is 351. The van der Waals surface area contributed by atoms with Crippen LogP contribution in [0.2, 0.25) is 0 Å². The predicted octanol–water partition coefficient (Wildman–Crippen LogP) is 1.48. The normalized spacial score (nSPS) is 20.1. The van der Waals surface area contributed by atoms with Gasteiger partial charge in [-0.2, -0.15) is 0 Å². The summed E-state index contributed by atoms with van der Waals surface area (Å²) in [5.74, 6) is 0. The van der Waals surface area contributed by atoms with Gasteiger partial charge in [0.1, 0.15) is 0 Å². The molecule has 2 heterocycles. The van der Waals surface area contributed by atoms with E-state index in [1.54, 1.807) is 11.3 Å². The lowest BCUT2D eigenvalue weighted by Crippen LogP contribution is -2.53. The molecule has 1 N–H and O–H groups in total. The molecule has 16 heavy (non-hydrogen) atoms. The van der Waals surface area contributed by atoms with Crippen LogP contribution in [0, 0.1) is 0 Å². The van der Waals surface area contributed by atoms with Crippen molar-refractivity contribution in [1.82, 2.24) is 10.3 Å². The minimum Gasteiger partial charge on any atom is -0.377 e. The molecule has 2 rings (SSSR count). The molecule has 0 bridgehead atoms. The summed E-state index contributed by atoms with van der Waals surface area (Å²) in [6.45, 7) is 7.79. The van der Waals surface area contributed by atoms with Gasteiger partial charge in [-0.3, -0.25) is 0 Å². The van der Waals surface area contributed by atoms with E-state index < -0.39 is 0 Å². The number of hydrogen-bond donors (Lipinski definition) is 1. The number of hydrogen-bond acceptors (Lipinski definition) is 5. The van der Waals surface area contributed by atoms with Crippen LogP contribution in [0.5, 0.6) is 0 Å². The molecule has 1 fully saturated rings. The van der Waals surface area contributed by atoms with Crippen LogP contribution in [0.15, 0.2) is 6.20 Å². The highest BCUT2D eigenvalue weighted by Gasteiger charge is 2.32. The molecule has 0 aromatic carbocycles. The van der Waals surface area contributed by atoms with Crippen LogP contribution in [0.1, 0.15) is 18.7 Å². The minimum absolute atomic E-state index is 0.0486. The van der Waals surface area contributed by atoms with Crippen LogP contribution in [-0.4, -0.2) is 37.3 Å². The van der Waals surface area contributed by atoms with Gasteiger partial charge in [-0.15, -0.1) is 11.3 Å². The molecule has 1 saturated heterocycles. The van der Waals surface area contributed by atoms with Gasteiger partial charge in [0.15, 0.2) is 5.13 Å². The van der Waals surface area contributed by atoms with Gasteiger partial charge >= 0.3 is 0 Å². The van der Waals surface area contributed by atoms with E-state index in [0.29, 0.717) is 0 Å². The number of anilines is 1. The summed E-state index contributed by atoms with van der Waals surface area (Å²) in [6.07, 6.45) is 1.96.